The molecule has 0 radical (unpaired) electrons. The highest BCUT2D eigenvalue weighted by Gasteiger charge is 2.43. The highest BCUT2D eigenvalue weighted by molar-refractivity contribution is 7.89. The Morgan fingerprint density at radius 1 is 1.15 bits per heavy atom. The van der Waals surface area contributed by atoms with Crippen LogP contribution in [0.3, 0.4) is 0 Å². The third-order valence-electron chi connectivity index (χ3n) is 6.37. The second-order valence-electron chi connectivity index (χ2n) is 8.32. The number of nitrogens with one attached hydrogen (secondary N) is 1. The smallest absolute Gasteiger partial charge is 0.287 e. The molecule has 1 heterocycles. The number of amides is 1. The summed E-state index contributed by atoms with van der Waals surface area (Å²) in [5, 5.41) is 3.93. The van der Waals surface area contributed by atoms with Crippen molar-refractivity contribution in [2.75, 3.05) is 6.26 Å². The predicted octanol–water partition coefficient (Wildman–Crippen LogP) is 4.21. The summed E-state index contributed by atoms with van der Waals surface area (Å²) in [5.74, 6) is -0.314. The Bertz CT molecular complexity index is 954. The average Bonchev–Trinajstić information content (AvgIpc) is 3.22. The molecule has 6 heteroatoms. The molecule has 1 N–H and O–H groups in total. The summed E-state index contributed by atoms with van der Waals surface area (Å²) < 4.78 is 29.7. The molecule has 1 aromatic carbocycles. The number of hydrogen-bond donors (Lipinski definition) is 1. The first-order chi connectivity index (χ1) is 12.9. The molecule has 2 aliphatic carbocycles. The largest absolute Gasteiger partial charge is 0.451 e. The topological polar surface area (TPSA) is 76.4 Å². The van der Waals surface area contributed by atoms with Crippen LogP contribution < -0.4 is 5.32 Å². The SMILES string of the molecule is CS(=O)(=O)Cc1c(C(=O)NC2CCCCC23CCCC3)oc2ccccc12. The lowest BCUT2D eigenvalue weighted by molar-refractivity contribution is 0.0780. The Labute approximate surface area is 160 Å². The number of carbonyl (C=O) groups excluding carboxylic acids is 1. The Balaban J connectivity index is 1.67. The maximum Gasteiger partial charge on any atom is 0.287 e. The number of hydrogen-bond acceptors (Lipinski definition) is 4. The molecule has 1 atom stereocenters. The Hall–Kier alpha value is -1.82. The molecule has 1 amide bonds. The number of furan rings is 1. The van der Waals surface area contributed by atoms with Crippen molar-refractivity contribution < 1.29 is 17.6 Å². The molecule has 1 unspecified atom stereocenters. The van der Waals surface area contributed by atoms with Gasteiger partial charge in [0.05, 0.1) is 5.75 Å². The van der Waals surface area contributed by atoms with Gasteiger partial charge in [-0.2, -0.15) is 0 Å². The first-order valence-corrected chi connectivity index (χ1v) is 11.9. The van der Waals surface area contributed by atoms with E-state index in [2.05, 4.69) is 5.32 Å². The van der Waals surface area contributed by atoms with Crippen molar-refractivity contribution in [2.24, 2.45) is 5.41 Å². The predicted molar refractivity (Wildman–Crippen MR) is 105 cm³/mol. The minimum absolute atomic E-state index is 0.153. The van der Waals surface area contributed by atoms with E-state index < -0.39 is 9.84 Å². The lowest BCUT2D eigenvalue weighted by atomic mass is 9.69. The molecule has 1 aromatic heterocycles. The zero-order valence-electron chi connectivity index (χ0n) is 15.8. The van der Waals surface area contributed by atoms with E-state index in [-0.39, 0.29) is 28.9 Å². The molecule has 1 spiro atoms. The van der Waals surface area contributed by atoms with Crippen molar-refractivity contribution in [2.45, 2.75) is 63.2 Å². The van der Waals surface area contributed by atoms with Gasteiger partial charge in [0, 0.05) is 23.2 Å². The summed E-state index contributed by atoms with van der Waals surface area (Å²) >= 11 is 0. The molecule has 5 nitrogen and oxygen atoms in total. The van der Waals surface area contributed by atoms with Gasteiger partial charge in [-0.25, -0.2) is 8.42 Å². The molecule has 2 aliphatic rings. The lowest BCUT2D eigenvalue weighted by Crippen LogP contribution is -2.48. The van der Waals surface area contributed by atoms with E-state index >= 15 is 0 Å². The minimum Gasteiger partial charge on any atom is -0.451 e. The van der Waals surface area contributed by atoms with E-state index in [0.29, 0.717) is 16.5 Å². The van der Waals surface area contributed by atoms with Gasteiger partial charge >= 0.3 is 0 Å². The molecule has 2 fully saturated rings. The first-order valence-electron chi connectivity index (χ1n) is 9.87. The Morgan fingerprint density at radius 2 is 1.81 bits per heavy atom. The zero-order valence-corrected chi connectivity index (χ0v) is 16.6. The van der Waals surface area contributed by atoms with Gasteiger partial charge in [0.25, 0.3) is 5.91 Å². The van der Waals surface area contributed by atoms with Gasteiger partial charge in [-0.15, -0.1) is 0 Å². The maximum atomic E-state index is 13.1. The van der Waals surface area contributed by atoms with E-state index in [1.54, 1.807) is 6.07 Å². The molecule has 0 aliphatic heterocycles. The fourth-order valence-electron chi connectivity index (χ4n) is 5.12. The van der Waals surface area contributed by atoms with Crippen molar-refractivity contribution in [1.29, 1.82) is 0 Å². The second-order valence-corrected chi connectivity index (χ2v) is 10.5. The van der Waals surface area contributed by atoms with Crippen molar-refractivity contribution in [3.8, 4) is 0 Å². The van der Waals surface area contributed by atoms with Crippen LogP contribution in [0.25, 0.3) is 11.0 Å². The number of fused-ring (bicyclic) bond motifs is 1. The zero-order chi connectivity index (χ0) is 19.1. The van der Waals surface area contributed by atoms with Crippen molar-refractivity contribution in [3.05, 3.63) is 35.6 Å². The van der Waals surface area contributed by atoms with E-state index in [4.69, 9.17) is 4.42 Å². The third kappa shape index (κ3) is 3.64. The summed E-state index contributed by atoms with van der Waals surface area (Å²) in [6.45, 7) is 0. The van der Waals surface area contributed by atoms with Crippen LogP contribution in [0.5, 0.6) is 0 Å². The molecule has 2 saturated carbocycles. The molecular weight excluding hydrogens is 362 g/mol. The van der Waals surface area contributed by atoms with Crippen LogP contribution in [0.4, 0.5) is 0 Å². The molecule has 146 valence electrons. The van der Waals surface area contributed by atoms with Crippen LogP contribution in [0, 0.1) is 5.41 Å². The molecule has 4 rings (SSSR count). The van der Waals surface area contributed by atoms with Crippen molar-refractivity contribution in [3.63, 3.8) is 0 Å². The van der Waals surface area contributed by atoms with Crippen LogP contribution >= 0.6 is 0 Å². The van der Waals surface area contributed by atoms with Gasteiger partial charge in [0.2, 0.25) is 0 Å². The van der Waals surface area contributed by atoms with Crippen molar-refractivity contribution >= 4 is 26.7 Å². The van der Waals surface area contributed by atoms with Crippen LogP contribution in [0.15, 0.2) is 28.7 Å². The van der Waals surface area contributed by atoms with Crippen LogP contribution in [-0.2, 0) is 15.6 Å². The summed E-state index contributed by atoms with van der Waals surface area (Å²) in [5.41, 5.74) is 1.25. The lowest BCUT2D eigenvalue weighted by Gasteiger charge is -2.41. The van der Waals surface area contributed by atoms with E-state index in [9.17, 15) is 13.2 Å². The Kier molecular flexibility index (Phi) is 4.78. The van der Waals surface area contributed by atoms with Gasteiger partial charge in [0.15, 0.2) is 15.6 Å². The van der Waals surface area contributed by atoms with Gasteiger partial charge in [0.1, 0.15) is 5.58 Å². The van der Waals surface area contributed by atoms with Gasteiger partial charge in [-0.05, 0) is 37.2 Å². The Morgan fingerprint density at radius 3 is 2.52 bits per heavy atom. The highest BCUT2D eigenvalue weighted by Crippen LogP contribution is 2.49. The summed E-state index contributed by atoms with van der Waals surface area (Å²) in [7, 11) is -3.29. The first kappa shape index (κ1) is 18.5. The van der Waals surface area contributed by atoms with E-state index in [1.165, 1.54) is 44.8 Å². The normalized spacial score (nSPS) is 22.3. The number of carbonyl (C=O) groups is 1. The maximum absolute atomic E-state index is 13.1. The van der Waals surface area contributed by atoms with E-state index in [1.807, 2.05) is 18.2 Å². The number of para-hydroxylation sites is 1. The van der Waals surface area contributed by atoms with E-state index in [0.717, 1.165) is 12.8 Å². The quantitative estimate of drug-likeness (QED) is 0.850. The molecule has 27 heavy (non-hydrogen) atoms. The standard InChI is InChI=1S/C21H27NO4S/c1-27(24,25)14-16-15-8-2-3-9-17(15)26-19(16)20(23)22-18-10-4-5-11-21(18)12-6-7-13-21/h2-3,8-9,18H,4-7,10-14H2,1H3,(H,22,23). The minimum atomic E-state index is -3.29. The number of sulfone groups is 1. The fraction of sp³-hybridized carbons (Fsp3) is 0.571. The fourth-order valence-corrected chi connectivity index (χ4v) is 5.93. The summed E-state index contributed by atoms with van der Waals surface area (Å²) in [4.78, 5) is 13.1. The van der Waals surface area contributed by atoms with Crippen LogP contribution in [-0.4, -0.2) is 26.6 Å². The summed E-state index contributed by atoms with van der Waals surface area (Å²) in [6, 6.07) is 7.40. The number of benzene rings is 1. The van der Waals surface area contributed by atoms with Crippen LogP contribution in [0.1, 0.15) is 67.5 Å². The molecule has 0 bridgehead atoms. The molecule has 0 saturated heterocycles. The second kappa shape index (κ2) is 6.97. The third-order valence-corrected chi connectivity index (χ3v) is 7.19. The van der Waals surface area contributed by atoms with Gasteiger partial charge < -0.3 is 9.73 Å². The molecule has 2 aromatic rings. The van der Waals surface area contributed by atoms with Crippen molar-refractivity contribution in [1.82, 2.24) is 5.32 Å². The van der Waals surface area contributed by atoms with Crippen LogP contribution in [0.2, 0.25) is 0 Å². The molecular formula is C21H27NO4S. The average molecular weight is 390 g/mol. The highest BCUT2D eigenvalue weighted by atomic mass is 32.2. The van der Waals surface area contributed by atoms with Gasteiger partial charge in [-0.3, -0.25) is 4.79 Å². The number of rotatable bonds is 4. The monoisotopic (exact) mass is 389 g/mol. The van der Waals surface area contributed by atoms with Gasteiger partial charge in [-0.1, -0.05) is 43.9 Å². The summed E-state index contributed by atoms with van der Waals surface area (Å²) in [6.07, 6.45) is 10.5.